The summed E-state index contributed by atoms with van der Waals surface area (Å²) in [5.41, 5.74) is 0.889. The van der Waals surface area contributed by atoms with Crippen molar-refractivity contribution in [3.05, 3.63) is 40.5 Å². The molecule has 2 aromatic heterocycles. The van der Waals surface area contributed by atoms with E-state index >= 15 is 0 Å². The highest BCUT2D eigenvalue weighted by Crippen LogP contribution is 2.17. The van der Waals surface area contributed by atoms with Gasteiger partial charge in [-0.25, -0.2) is 9.37 Å². The van der Waals surface area contributed by atoms with Gasteiger partial charge in [-0.05, 0) is 24.4 Å². The van der Waals surface area contributed by atoms with Crippen LogP contribution in [0.4, 0.5) is 15.9 Å². The highest BCUT2D eigenvalue weighted by Gasteiger charge is 2.14. The van der Waals surface area contributed by atoms with Crippen molar-refractivity contribution >= 4 is 28.7 Å². The van der Waals surface area contributed by atoms with Gasteiger partial charge in [0.15, 0.2) is 0 Å². The maximum Gasteiger partial charge on any atom is 0.259 e. The smallest absolute Gasteiger partial charge is 0.259 e. The molecule has 18 heavy (non-hydrogen) atoms. The lowest BCUT2D eigenvalue weighted by Crippen LogP contribution is -2.15. The van der Waals surface area contributed by atoms with Gasteiger partial charge in [0.1, 0.15) is 11.6 Å². The summed E-state index contributed by atoms with van der Waals surface area (Å²) in [4.78, 5) is 15.9. The van der Waals surface area contributed by atoms with Gasteiger partial charge >= 0.3 is 0 Å². The maximum atomic E-state index is 13.2. The molecule has 1 amide bonds. The first-order valence-corrected chi connectivity index (χ1v) is 6.38. The van der Waals surface area contributed by atoms with Gasteiger partial charge in [-0.2, -0.15) is 11.3 Å². The van der Waals surface area contributed by atoms with Crippen LogP contribution >= 0.6 is 11.3 Å². The molecular weight excluding hydrogens is 253 g/mol. The molecule has 0 radical (unpaired) electrons. The first-order chi connectivity index (χ1) is 8.70. The monoisotopic (exact) mass is 265 g/mol. The van der Waals surface area contributed by atoms with E-state index in [1.165, 1.54) is 17.4 Å². The molecule has 0 spiro atoms. The van der Waals surface area contributed by atoms with Crippen molar-refractivity contribution in [2.75, 3.05) is 17.2 Å². The predicted octanol–water partition coefficient (Wildman–Crippen LogP) is 2.97. The summed E-state index contributed by atoms with van der Waals surface area (Å²) in [5, 5.41) is 9.27. The van der Waals surface area contributed by atoms with Crippen LogP contribution < -0.4 is 10.6 Å². The van der Waals surface area contributed by atoms with Gasteiger partial charge in [-0.1, -0.05) is 0 Å². The van der Waals surface area contributed by atoms with Gasteiger partial charge in [0.2, 0.25) is 0 Å². The average molecular weight is 265 g/mol. The molecule has 4 nitrogen and oxygen atoms in total. The van der Waals surface area contributed by atoms with Crippen molar-refractivity contribution < 1.29 is 9.18 Å². The number of thiophene rings is 1. The quantitative estimate of drug-likeness (QED) is 0.893. The predicted molar refractivity (Wildman–Crippen MR) is 70.6 cm³/mol. The molecule has 0 aromatic carbocycles. The Morgan fingerprint density at radius 3 is 3.06 bits per heavy atom. The normalized spacial score (nSPS) is 10.1. The summed E-state index contributed by atoms with van der Waals surface area (Å²) < 4.78 is 13.2. The van der Waals surface area contributed by atoms with Crippen molar-refractivity contribution in [3.8, 4) is 0 Å². The molecule has 0 atom stereocenters. The van der Waals surface area contributed by atoms with Crippen LogP contribution in [0.15, 0.2) is 29.1 Å². The van der Waals surface area contributed by atoms with E-state index in [1.54, 1.807) is 11.4 Å². The topological polar surface area (TPSA) is 54.0 Å². The van der Waals surface area contributed by atoms with Crippen molar-refractivity contribution in [1.29, 1.82) is 0 Å². The molecule has 0 aliphatic carbocycles. The van der Waals surface area contributed by atoms with E-state index in [0.29, 0.717) is 18.1 Å². The lowest BCUT2D eigenvalue weighted by molar-refractivity contribution is 0.102. The van der Waals surface area contributed by atoms with Crippen LogP contribution in [-0.4, -0.2) is 17.4 Å². The lowest BCUT2D eigenvalue weighted by Gasteiger charge is -2.09. The van der Waals surface area contributed by atoms with Gasteiger partial charge in [0.25, 0.3) is 5.91 Å². The van der Waals surface area contributed by atoms with Crippen molar-refractivity contribution in [2.24, 2.45) is 0 Å². The molecule has 0 fully saturated rings. The second-order valence-corrected chi connectivity index (χ2v) is 4.33. The van der Waals surface area contributed by atoms with E-state index in [0.717, 1.165) is 6.20 Å². The minimum Gasteiger partial charge on any atom is -0.370 e. The fraction of sp³-hybridized carbons (Fsp3) is 0.167. The largest absolute Gasteiger partial charge is 0.370 e. The van der Waals surface area contributed by atoms with Crippen LogP contribution in [0.3, 0.4) is 0 Å². The van der Waals surface area contributed by atoms with Gasteiger partial charge in [0, 0.05) is 11.9 Å². The molecule has 94 valence electrons. The van der Waals surface area contributed by atoms with E-state index in [2.05, 4.69) is 15.6 Å². The Morgan fingerprint density at radius 1 is 1.56 bits per heavy atom. The first-order valence-electron chi connectivity index (χ1n) is 5.43. The zero-order valence-electron chi connectivity index (χ0n) is 9.74. The van der Waals surface area contributed by atoms with Crippen LogP contribution in [0.1, 0.15) is 17.3 Å². The van der Waals surface area contributed by atoms with Gasteiger partial charge < -0.3 is 10.6 Å². The molecular formula is C12H12FN3OS. The SMILES string of the molecule is CCNc1ncc(F)cc1C(=O)Nc1ccsc1. The lowest BCUT2D eigenvalue weighted by atomic mass is 10.2. The number of hydrogen-bond donors (Lipinski definition) is 2. The Balaban J connectivity index is 2.25. The Hall–Kier alpha value is -1.95. The third-order valence-electron chi connectivity index (χ3n) is 2.22. The highest BCUT2D eigenvalue weighted by atomic mass is 32.1. The number of carbonyl (C=O) groups excluding carboxylic acids is 1. The second-order valence-electron chi connectivity index (χ2n) is 3.55. The fourth-order valence-corrected chi connectivity index (χ4v) is 2.04. The fourth-order valence-electron chi connectivity index (χ4n) is 1.45. The first kappa shape index (κ1) is 12.5. The van der Waals surface area contributed by atoms with E-state index < -0.39 is 5.82 Å². The highest BCUT2D eigenvalue weighted by molar-refractivity contribution is 7.08. The second kappa shape index (κ2) is 5.59. The van der Waals surface area contributed by atoms with E-state index in [4.69, 9.17) is 0 Å². The number of anilines is 2. The van der Waals surface area contributed by atoms with Crippen molar-refractivity contribution in [3.63, 3.8) is 0 Å². The summed E-state index contributed by atoms with van der Waals surface area (Å²) in [6.45, 7) is 2.49. The van der Waals surface area contributed by atoms with Crippen LogP contribution in [0, 0.1) is 5.82 Å². The molecule has 0 bridgehead atoms. The van der Waals surface area contributed by atoms with Gasteiger partial charge in [-0.15, -0.1) is 0 Å². The molecule has 0 aliphatic heterocycles. The van der Waals surface area contributed by atoms with Crippen LogP contribution in [0.2, 0.25) is 0 Å². The van der Waals surface area contributed by atoms with Crippen molar-refractivity contribution in [2.45, 2.75) is 6.92 Å². The number of rotatable bonds is 4. The van der Waals surface area contributed by atoms with Gasteiger partial charge in [-0.3, -0.25) is 4.79 Å². The molecule has 2 aromatic rings. The van der Waals surface area contributed by atoms with Crippen LogP contribution in [0.25, 0.3) is 0 Å². The Labute approximate surface area is 108 Å². The van der Waals surface area contributed by atoms with E-state index in [9.17, 15) is 9.18 Å². The summed E-state index contributed by atoms with van der Waals surface area (Å²) >= 11 is 1.47. The molecule has 0 unspecified atom stereocenters. The molecule has 2 rings (SSSR count). The van der Waals surface area contributed by atoms with Crippen LogP contribution in [-0.2, 0) is 0 Å². The van der Waals surface area contributed by atoms with Gasteiger partial charge in [0.05, 0.1) is 17.4 Å². The number of hydrogen-bond acceptors (Lipinski definition) is 4. The van der Waals surface area contributed by atoms with Crippen molar-refractivity contribution in [1.82, 2.24) is 4.98 Å². The summed E-state index contributed by atoms with van der Waals surface area (Å²) in [5.74, 6) is -0.532. The number of carbonyl (C=O) groups is 1. The number of nitrogens with one attached hydrogen (secondary N) is 2. The third kappa shape index (κ3) is 2.84. The number of halogens is 1. The maximum absolute atomic E-state index is 13.2. The standard InChI is InChI=1S/C12H12FN3OS/c1-2-14-11-10(5-8(13)6-15-11)12(17)16-9-3-4-18-7-9/h3-7H,2H2,1H3,(H,14,15)(H,16,17). The minimum absolute atomic E-state index is 0.197. The number of pyridine rings is 1. The zero-order chi connectivity index (χ0) is 13.0. The molecule has 6 heteroatoms. The molecule has 2 N–H and O–H groups in total. The summed E-state index contributed by atoms with van der Waals surface area (Å²) in [6.07, 6.45) is 1.08. The molecule has 2 heterocycles. The number of amides is 1. The summed E-state index contributed by atoms with van der Waals surface area (Å²) in [6, 6.07) is 2.95. The van der Waals surface area contributed by atoms with E-state index in [1.807, 2.05) is 12.3 Å². The molecule has 0 saturated heterocycles. The van der Waals surface area contributed by atoms with E-state index in [-0.39, 0.29) is 11.5 Å². The average Bonchev–Trinajstić information content (AvgIpc) is 2.84. The number of aromatic nitrogens is 1. The Morgan fingerprint density at radius 2 is 2.39 bits per heavy atom. The minimum atomic E-state index is -0.535. The number of nitrogens with zero attached hydrogens (tertiary/aromatic N) is 1. The Bertz CT molecular complexity index is 542. The zero-order valence-corrected chi connectivity index (χ0v) is 10.6. The molecule has 0 saturated carbocycles. The third-order valence-corrected chi connectivity index (χ3v) is 2.91. The summed E-state index contributed by atoms with van der Waals surface area (Å²) in [7, 11) is 0. The molecule has 0 aliphatic rings. The Kier molecular flexibility index (Phi) is 3.88. The van der Waals surface area contributed by atoms with Crippen LogP contribution in [0.5, 0.6) is 0 Å².